The third kappa shape index (κ3) is 3.86. The number of carbonyl (C=O) groups is 2. The summed E-state index contributed by atoms with van der Waals surface area (Å²) in [5.74, 6) is 0.00822. The van der Waals surface area contributed by atoms with Gasteiger partial charge in [-0.2, -0.15) is 0 Å². The molecule has 1 aliphatic rings. The first-order valence-corrected chi connectivity index (χ1v) is 8.43. The molecule has 1 fully saturated rings. The lowest BCUT2D eigenvalue weighted by atomic mass is 9.99. The van der Waals surface area contributed by atoms with Crippen molar-refractivity contribution in [1.29, 1.82) is 0 Å². The number of methoxy groups -OCH3 is 1. The number of benzene rings is 1. The van der Waals surface area contributed by atoms with E-state index in [1.54, 1.807) is 11.3 Å². The number of imide groups is 1. The number of amides is 2. The summed E-state index contributed by atoms with van der Waals surface area (Å²) in [4.78, 5) is 29.7. The van der Waals surface area contributed by atoms with Gasteiger partial charge in [-0.05, 0) is 31.5 Å². The maximum absolute atomic E-state index is 11.8. The van der Waals surface area contributed by atoms with Crippen LogP contribution >= 0.6 is 11.3 Å². The molecule has 0 unspecified atom stereocenters. The quantitative estimate of drug-likeness (QED) is 0.933. The van der Waals surface area contributed by atoms with Crippen molar-refractivity contribution in [2.45, 2.75) is 18.8 Å². The van der Waals surface area contributed by atoms with Crippen LogP contribution in [-0.4, -0.2) is 48.6 Å². The number of thiazole rings is 1. The van der Waals surface area contributed by atoms with E-state index in [-0.39, 0.29) is 12.5 Å². The molecule has 6 nitrogen and oxygen atoms in total. The lowest BCUT2D eigenvalue weighted by Crippen LogP contribution is -2.43. The van der Waals surface area contributed by atoms with E-state index in [1.807, 2.05) is 18.2 Å². The summed E-state index contributed by atoms with van der Waals surface area (Å²) in [6.07, 6.45) is 1.39. The molecule has 1 atom stereocenters. The van der Waals surface area contributed by atoms with Gasteiger partial charge in [0.05, 0.1) is 28.9 Å². The van der Waals surface area contributed by atoms with Crippen LogP contribution in [-0.2, 0) is 9.53 Å². The maximum atomic E-state index is 11.8. The zero-order valence-corrected chi connectivity index (χ0v) is 13.8. The molecule has 2 amide bonds. The number of fused-ring (bicyclic) bond motifs is 1. The molecule has 7 heteroatoms. The van der Waals surface area contributed by atoms with Crippen molar-refractivity contribution in [3.8, 4) is 0 Å². The summed E-state index contributed by atoms with van der Waals surface area (Å²) in [5.41, 5.74) is 1.04. The number of hydrogen-bond acceptors (Lipinski definition) is 6. The molecule has 1 N–H and O–H groups in total. The van der Waals surface area contributed by atoms with E-state index in [2.05, 4.69) is 21.0 Å². The second kappa shape index (κ2) is 7.06. The zero-order valence-electron chi connectivity index (χ0n) is 12.9. The van der Waals surface area contributed by atoms with Crippen LogP contribution in [0, 0.1) is 0 Å². The van der Waals surface area contributed by atoms with E-state index in [9.17, 15) is 9.59 Å². The van der Waals surface area contributed by atoms with E-state index < -0.39 is 6.09 Å². The molecule has 0 radical (unpaired) electrons. The normalized spacial score (nSPS) is 18.7. The van der Waals surface area contributed by atoms with Crippen molar-refractivity contribution < 1.29 is 14.3 Å². The summed E-state index contributed by atoms with van der Waals surface area (Å²) in [7, 11) is 1.24. The van der Waals surface area contributed by atoms with Gasteiger partial charge >= 0.3 is 6.09 Å². The Morgan fingerprint density at radius 2 is 2.26 bits per heavy atom. The third-order valence-electron chi connectivity index (χ3n) is 3.96. The van der Waals surface area contributed by atoms with Gasteiger partial charge in [0.25, 0.3) is 0 Å². The van der Waals surface area contributed by atoms with Gasteiger partial charge in [-0.3, -0.25) is 15.0 Å². The fourth-order valence-electron chi connectivity index (χ4n) is 2.87. The van der Waals surface area contributed by atoms with Crippen LogP contribution in [0.3, 0.4) is 0 Å². The first-order chi connectivity index (χ1) is 11.2. The van der Waals surface area contributed by atoms with Gasteiger partial charge in [-0.25, -0.2) is 9.78 Å². The second-order valence-corrected chi connectivity index (χ2v) is 6.70. The molecule has 3 rings (SSSR count). The van der Waals surface area contributed by atoms with E-state index in [4.69, 9.17) is 4.98 Å². The number of alkyl carbamates (subject to hydrolysis) is 1. The number of nitrogens with zero attached hydrogens (tertiary/aromatic N) is 2. The Morgan fingerprint density at radius 3 is 3.04 bits per heavy atom. The molecule has 0 bridgehead atoms. The first kappa shape index (κ1) is 15.9. The van der Waals surface area contributed by atoms with E-state index in [0.29, 0.717) is 5.92 Å². The highest BCUT2D eigenvalue weighted by molar-refractivity contribution is 7.18. The zero-order chi connectivity index (χ0) is 16.2. The number of para-hydroxylation sites is 1. The Morgan fingerprint density at radius 1 is 1.43 bits per heavy atom. The number of rotatable bonds is 3. The van der Waals surface area contributed by atoms with Gasteiger partial charge in [-0.1, -0.05) is 12.1 Å². The highest BCUT2D eigenvalue weighted by Gasteiger charge is 2.25. The molecule has 1 aromatic carbocycles. The van der Waals surface area contributed by atoms with Gasteiger partial charge in [-0.15, -0.1) is 11.3 Å². The minimum absolute atomic E-state index is 0.205. The first-order valence-electron chi connectivity index (χ1n) is 7.61. The molecular weight excluding hydrogens is 314 g/mol. The Labute approximate surface area is 138 Å². The maximum Gasteiger partial charge on any atom is 0.413 e. The minimum Gasteiger partial charge on any atom is -0.453 e. The number of aromatic nitrogens is 1. The Bertz CT molecular complexity index is 682. The summed E-state index contributed by atoms with van der Waals surface area (Å²) in [6, 6.07) is 8.13. The molecule has 2 aromatic rings. The molecule has 0 saturated carbocycles. The van der Waals surface area contributed by atoms with Crippen LogP contribution in [0.15, 0.2) is 24.3 Å². The van der Waals surface area contributed by atoms with Gasteiger partial charge in [0, 0.05) is 12.5 Å². The van der Waals surface area contributed by atoms with Gasteiger partial charge in [0.15, 0.2) is 0 Å². The summed E-state index contributed by atoms with van der Waals surface area (Å²) in [5, 5.41) is 3.33. The number of likely N-dealkylation sites (tertiary alicyclic amines) is 1. The Balaban J connectivity index is 1.63. The van der Waals surface area contributed by atoms with E-state index in [0.717, 1.165) is 36.5 Å². The highest BCUT2D eigenvalue weighted by Crippen LogP contribution is 2.32. The van der Waals surface area contributed by atoms with Crippen LogP contribution in [0.2, 0.25) is 0 Å². The molecule has 23 heavy (non-hydrogen) atoms. The lowest BCUT2D eigenvalue weighted by molar-refractivity contribution is -0.121. The van der Waals surface area contributed by atoms with Crippen molar-refractivity contribution >= 4 is 33.6 Å². The van der Waals surface area contributed by atoms with E-state index >= 15 is 0 Å². The third-order valence-corrected chi connectivity index (χ3v) is 5.16. The predicted octanol–water partition coefficient (Wildman–Crippen LogP) is 2.36. The SMILES string of the molecule is COC(=O)NC(=O)CN1CCC[C@H](c2nc3ccccc3s2)C1. The molecular formula is C16H19N3O3S. The smallest absolute Gasteiger partial charge is 0.413 e. The average molecular weight is 333 g/mol. The fourth-order valence-corrected chi connectivity index (χ4v) is 3.97. The van der Waals surface area contributed by atoms with Crippen molar-refractivity contribution in [2.75, 3.05) is 26.7 Å². The standard InChI is InChI=1S/C16H19N3O3S/c1-22-16(21)18-14(20)10-19-8-4-5-11(9-19)15-17-12-6-2-3-7-13(12)23-15/h2-3,6-7,11H,4-5,8-10H2,1H3,(H,18,20,21)/t11-/m0/s1. The molecule has 1 aliphatic heterocycles. The second-order valence-electron chi connectivity index (χ2n) is 5.63. The molecule has 2 heterocycles. The Kier molecular flexibility index (Phi) is 4.88. The topological polar surface area (TPSA) is 71.5 Å². The van der Waals surface area contributed by atoms with Crippen LogP contribution < -0.4 is 5.32 Å². The number of nitrogens with one attached hydrogen (secondary N) is 1. The molecule has 0 spiro atoms. The fraction of sp³-hybridized carbons (Fsp3) is 0.438. The monoisotopic (exact) mass is 333 g/mol. The number of hydrogen-bond donors (Lipinski definition) is 1. The van der Waals surface area contributed by atoms with Crippen LogP contribution in [0.5, 0.6) is 0 Å². The minimum atomic E-state index is -0.713. The molecule has 1 saturated heterocycles. The predicted molar refractivity (Wildman–Crippen MR) is 88.6 cm³/mol. The van der Waals surface area contributed by atoms with Crippen molar-refractivity contribution in [3.63, 3.8) is 0 Å². The summed E-state index contributed by atoms with van der Waals surface area (Å²) >= 11 is 1.73. The molecule has 1 aromatic heterocycles. The lowest BCUT2D eigenvalue weighted by Gasteiger charge is -2.30. The van der Waals surface area contributed by atoms with Crippen molar-refractivity contribution in [3.05, 3.63) is 29.3 Å². The summed E-state index contributed by atoms with van der Waals surface area (Å²) < 4.78 is 5.63. The Hall–Kier alpha value is -1.99. The van der Waals surface area contributed by atoms with Crippen molar-refractivity contribution in [1.82, 2.24) is 15.2 Å². The van der Waals surface area contributed by atoms with Crippen LogP contribution in [0.4, 0.5) is 4.79 Å². The van der Waals surface area contributed by atoms with E-state index in [1.165, 1.54) is 11.8 Å². The van der Waals surface area contributed by atoms with Crippen LogP contribution in [0.25, 0.3) is 10.2 Å². The van der Waals surface area contributed by atoms with Gasteiger partial charge in [0.1, 0.15) is 0 Å². The van der Waals surface area contributed by atoms with Gasteiger partial charge < -0.3 is 4.74 Å². The number of carbonyl (C=O) groups excluding carboxylic acids is 2. The average Bonchev–Trinajstić information content (AvgIpc) is 2.99. The van der Waals surface area contributed by atoms with Crippen LogP contribution in [0.1, 0.15) is 23.8 Å². The number of piperidine rings is 1. The van der Waals surface area contributed by atoms with Crippen molar-refractivity contribution in [2.24, 2.45) is 0 Å². The van der Waals surface area contributed by atoms with Gasteiger partial charge in [0.2, 0.25) is 5.91 Å². The molecule has 0 aliphatic carbocycles. The number of ether oxygens (including phenoxy) is 1. The largest absolute Gasteiger partial charge is 0.453 e. The summed E-state index contributed by atoms with van der Waals surface area (Å²) in [6.45, 7) is 1.85. The molecule has 122 valence electrons. The highest BCUT2D eigenvalue weighted by atomic mass is 32.1.